The number of nitrogens with one attached hydrogen (secondary N) is 1. The van der Waals surface area contributed by atoms with E-state index >= 15 is 0 Å². The summed E-state index contributed by atoms with van der Waals surface area (Å²) >= 11 is 0. The lowest BCUT2D eigenvalue weighted by Crippen LogP contribution is -2.04. The van der Waals surface area contributed by atoms with E-state index in [2.05, 4.69) is 10.3 Å². The maximum atomic E-state index is 5.34. The van der Waals surface area contributed by atoms with E-state index in [4.69, 9.17) is 9.47 Å². The second-order valence-electron chi connectivity index (χ2n) is 3.77. The molecule has 17 heavy (non-hydrogen) atoms. The van der Waals surface area contributed by atoms with Gasteiger partial charge in [-0.2, -0.15) is 4.98 Å². The number of methoxy groups -OCH3 is 1. The predicted molar refractivity (Wildman–Crippen MR) is 69.6 cm³/mol. The quantitative estimate of drug-likeness (QED) is 0.672. The number of hydrogen-bond acceptors (Lipinski definition) is 4. The van der Waals surface area contributed by atoms with Gasteiger partial charge in [-0.1, -0.05) is 6.07 Å². The molecular weight excluding hydrogens is 216 g/mol. The van der Waals surface area contributed by atoms with Crippen molar-refractivity contribution < 1.29 is 9.47 Å². The zero-order valence-corrected chi connectivity index (χ0v) is 10.7. The Bertz CT molecular complexity index is 305. The van der Waals surface area contributed by atoms with Gasteiger partial charge in [-0.15, -0.1) is 0 Å². The van der Waals surface area contributed by atoms with E-state index in [1.807, 2.05) is 25.1 Å². The first kappa shape index (κ1) is 13.8. The molecule has 0 atom stereocenters. The average Bonchev–Trinajstić information content (AvgIpc) is 2.35. The molecule has 4 heteroatoms. The van der Waals surface area contributed by atoms with E-state index in [1.54, 1.807) is 7.11 Å². The lowest BCUT2D eigenvalue weighted by molar-refractivity contribution is 0.192. The van der Waals surface area contributed by atoms with E-state index < -0.39 is 0 Å². The second kappa shape index (κ2) is 8.82. The Labute approximate surface area is 103 Å². The van der Waals surface area contributed by atoms with Crippen LogP contribution < -0.4 is 10.1 Å². The van der Waals surface area contributed by atoms with Crippen LogP contribution in [-0.4, -0.2) is 31.9 Å². The minimum atomic E-state index is 0.646. The molecule has 0 bridgehead atoms. The lowest BCUT2D eigenvalue weighted by Gasteiger charge is -2.07. The highest BCUT2D eigenvalue weighted by atomic mass is 16.5. The summed E-state index contributed by atoms with van der Waals surface area (Å²) in [4.78, 5) is 4.34. The van der Waals surface area contributed by atoms with E-state index in [-0.39, 0.29) is 0 Å². The van der Waals surface area contributed by atoms with Crippen LogP contribution in [0.4, 0.5) is 5.82 Å². The Morgan fingerprint density at radius 3 is 2.88 bits per heavy atom. The number of anilines is 1. The van der Waals surface area contributed by atoms with Crippen LogP contribution in [0.3, 0.4) is 0 Å². The molecule has 0 spiro atoms. The standard InChI is InChI=1S/C13H22N2O2/c1-3-17-13-9-7-8-12(15-13)14-10-5-4-6-11-16-2/h7-9H,3-6,10-11H2,1-2H3,(H,14,15). The van der Waals surface area contributed by atoms with E-state index in [0.29, 0.717) is 12.5 Å². The smallest absolute Gasteiger partial charge is 0.215 e. The zero-order valence-electron chi connectivity index (χ0n) is 10.7. The van der Waals surface area contributed by atoms with Crippen molar-refractivity contribution in [2.75, 3.05) is 32.2 Å². The van der Waals surface area contributed by atoms with Crippen LogP contribution in [-0.2, 0) is 4.74 Å². The molecule has 1 aromatic rings. The maximum Gasteiger partial charge on any atom is 0.215 e. The molecule has 4 nitrogen and oxygen atoms in total. The molecule has 0 radical (unpaired) electrons. The number of ether oxygens (including phenoxy) is 2. The summed E-state index contributed by atoms with van der Waals surface area (Å²) in [6.07, 6.45) is 3.42. The summed E-state index contributed by atoms with van der Waals surface area (Å²) in [5.74, 6) is 1.56. The fourth-order valence-corrected chi connectivity index (χ4v) is 1.51. The average molecular weight is 238 g/mol. The van der Waals surface area contributed by atoms with Crippen molar-refractivity contribution in [3.05, 3.63) is 18.2 Å². The molecule has 96 valence electrons. The van der Waals surface area contributed by atoms with Gasteiger partial charge in [-0.3, -0.25) is 0 Å². The number of nitrogens with zero attached hydrogens (tertiary/aromatic N) is 1. The highest BCUT2D eigenvalue weighted by Gasteiger charge is 1.97. The SMILES string of the molecule is CCOc1cccc(NCCCCCOC)n1. The molecule has 0 aliphatic heterocycles. The summed E-state index contributed by atoms with van der Waals surface area (Å²) in [7, 11) is 1.74. The molecule has 0 aromatic carbocycles. The number of pyridine rings is 1. The van der Waals surface area contributed by atoms with Gasteiger partial charge >= 0.3 is 0 Å². The highest BCUT2D eigenvalue weighted by molar-refractivity contribution is 5.36. The lowest BCUT2D eigenvalue weighted by atomic mass is 10.2. The van der Waals surface area contributed by atoms with Gasteiger partial charge in [-0.25, -0.2) is 0 Å². The van der Waals surface area contributed by atoms with Gasteiger partial charge in [0.25, 0.3) is 0 Å². The minimum Gasteiger partial charge on any atom is -0.478 e. The van der Waals surface area contributed by atoms with Crippen molar-refractivity contribution in [2.24, 2.45) is 0 Å². The number of unbranched alkanes of at least 4 members (excludes halogenated alkanes) is 2. The topological polar surface area (TPSA) is 43.4 Å². The number of aromatic nitrogens is 1. The fraction of sp³-hybridized carbons (Fsp3) is 0.615. The van der Waals surface area contributed by atoms with Crippen molar-refractivity contribution in [1.29, 1.82) is 0 Å². The second-order valence-corrected chi connectivity index (χ2v) is 3.77. The van der Waals surface area contributed by atoms with Gasteiger partial charge in [0.15, 0.2) is 0 Å². The molecule has 0 saturated heterocycles. The van der Waals surface area contributed by atoms with Crippen molar-refractivity contribution in [2.45, 2.75) is 26.2 Å². The molecule has 0 unspecified atom stereocenters. The summed E-state index contributed by atoms with van der Waals surface area (Å²) in [6, 6.07) is 5.77. The van der Waals surface area contributed by atoms with Crippen LogP contribution >= 0.6 is 0 Å². The molecule has 0 fully saturated rings. The molecule has 1 aromatic heterocycles. The van der Waals surface area contributed by atoms with E-state index in [9.17, 15) is 0 Å². The summed E-state index contributed by atoms with van der Waals surface area (Å²) in [5.41, 5.74) is 0. The third kappa shape index (κ3) is 6.12. The van der Waals surface area contributed by atoms with Crippen LogP contribution in [0, 0.1) is 0 Å². The van der Waals surface area contributed by atoms with Crippen molar-refractivity contribution in [3.8, 4) is 5.88 Å². The molecule has 1 heterocycles. The first-order valence-corrected chi connectivity index (χ1v) is 6.19. The molecular formula is C13H22N2O2. The Hall–Kier alpha value is -1.29. The molecule has 0 amide bonds. The molecule has 0 aliphatic carbocycles. The summed E-state index contributed by atoms with van der Waals surface area (Å²) in [6.45, 7) is 4.38. The monoisotopic (exact) mass is 238 g/mol. The van der Waals surface area contributed by atoms with Crippen LogP contribution in [0.2, 0.25) is 0 Å². The number of rotatable bonds is 9. The van der Waals surface area contributed by atoms with Gasteiger partial charge in [0.05, 0.1) is 6.61 Å². The van der Waals surface area contributed by atoms with Gasteiger partial charge < -0.3 is 14.8 Å². The van der Waals surface area contributed by atoms with Crippen molar-refractivity contribution in [1.82, 2.24) is 4.98 Å². The Kier molecular flexibility index (Phi) is 7.14. The third-order valence-corrected chi connectivity index (χ3v) is 2.35. The highest BCUT2D eigenvalue weighted by Crippen LogP contribution is 2.11. The van der Waals surface area contributed by atoms with Crippen LogP contribution in [0.25, 0.3) is 0 Å². The van der Waals surface area contributed by atoms with Gasteiger partial charge in [0.1, 0.15) is 5.82 Å². The van der Waals surface area contributed by atoms with E-state index in [1.165, 1.54) is 6.42 Å². The van der Waals surface area contributed by atoms with Crippen molar-refractivity contribution >= 4 is 5.82 Å². The fourth-order valence-electron chi connectivity index (χ4n) is 1.51. The maximum absolute atomic E-state index is 5.34. The van der Waals surface area contributed by atoms with Gasteiger partial charge in [0, 0.05) is 26.3 Å². The van der Waals surface area contributed by atoms with Gasteiger partial charge in [-0.05, 0) is 32.3 Å². The Balaban J connectivity index is 2.19. The molecule has 1 N–H and O–H groups in total. The normalized spacial score (nSPS) is 10.2. The molecule has 1 rings (SSSR count). The van der Waals surface area contributed by atoms with Gasteiger partial charge in [0.2, 0.25) is 5.88 Å². The summed E-state index contributed by atoms with van der Waals surface area (Å²) < 4.78 is 10.3. The van der Waals surface area contributed by atoms with Crippen LogP contribution in [0.15, 0.2) is 18.2 Å². The van der Waals surface area contributed by atoms with Crippen LogP contribution in [0.1, 0.15) is 26.2 Å². The van der Waals surface area contributed by atoms with Crippen molar-refractivity contribution in [3.63, 3.8) is 0 Å². The third-order valence-electron chi connectivity index (χ3n) is 2.35. The molecule has 0 aliphatic rings. The summed E-state index contributed by atoms with van der Waals surface area (Å²) in [5, 5.41) is 3.29. The Morgan fingerprint density at radius 2 is 2.12 bits per heavy atom. The van der Waals surface area contributed by atoms with E-state index in [0.717, 1.165) is 31.8 Å². The molecule has 0 saturated carbocycles. The minimum absolute atomic E-state index is 0.646. The largest absolute Gasteiger partial charge is 0.478 e. The van der Waals surface area contributed by atoms with Crippen LogP contribution in [0.5, 0.6) is 5.88 Å². The Morgan fingerprint density at radius 1 is 1.24 bits per heavy atom. The predicted octanol–water partition coefficient (Wildman–Crippen LogP) is 2.71. The zero-order chi connectivity index (χ0) is 12.3. The first-order valence-electron chi connectivity index (χ1n) is 6.19. The first-order chi connectivity index (χ1) is 8.36. The number of hydrogen-bond donors (Lipinski definition) is 1.